The Kier molecular flexibility index (Phi) is 8.24. The number of ketones is 1. The van der Waals surface area contributed by atoms with Gasteiger partial charge in [0.1, 0.15) is 6.04 Å². The van der Waals surface area contributed by atoms with Gasteiger partial charge in [0.25, 0.3) is 5.78 Å². The largest absolute Gasteiger partial charge is 0.454 e. The average Bonchev–Trinajstić information content (AvgIpc) is 2.71. The van der Waals surface area contributed by atoms with E-state index in [0.717, 1.165) is 25.5 Å². The monoisotopic (exact) mass is 461 g/mol. The molecule has 1 heterocycles. The molecule has 1 aromatic rings. The van der Waals surface area contributed by atoms with Gasteiger partial charge >= 0.3 is 6.18 Å². The van der Waals surface area contributed by atoms with Gasteiger partial charge in [-0.3, -0.25) is 9.59 Å². The Hall–Kier alpha value is -2.40. The molecule has 7 nitrogen and oxygen atoms in total. The molecule has 1 aliphatic heterocycles. The van der Waals surface area contributed by atoms with Gasteiger partial charge in [-0.25, -0.2) is 8.42 Å². The minimum atomic E-state index is -4.98. The van der Waals surface area contributed by atoms with Crippen LogP contribution in [-0.4, -0.2) is 49.7 Å². The zero-order valence-electron chi connectivity index (χ0n) is 17.3. The summed E-state index contributed by atoms with van der Waals surface area (Å²) in [4.78, 5) is 23.5. The smallest absolute Gasteiger partial charge is 0.379 e. The number of halogens is 3. The Balaban J connectivity index is 2.04. The van der Waals surface area contributed by atoms with Crippen LogP contribution in [0.2, 0.25) is 0 Å². The van der Waals surface area contributed by atoms with Crippen LogP contribution in [0.4, 0.5) is 18.9 Å². The summed E-state index contributed by atoms with van der Waals surface area (Å²) >= 11 is 0. The van der Waals surface area contributed by atoms with Gasteiger partial charge in [0.05, 0.1) is 4.90 Å². The van der Waals surface area contributed by atoms with Crippen LogP contribution in [0.3, 0.4) is 0 Å². The van der Waals surface area contributed by atoms with E-state index in [2.05, 4.69) is 10.6 Å². The van der Waals surface area contributed by atoms with Crippen LogP contribution in [-0.2, 0) is 19.6 Å². The predicted octanol–water partition coefficient (Wildman–Crippen LogP) is 3.06. The highest BCUT2D eigenvalue weighted by atomic mass is 32.2. The summed E-state index contributed by atoms with van der Waals surface area (Å²) in [5, 5.41) is 5.10. The van der Waals surface area contributed by atoms with Crippen LogP contribution in [0.1, 0.15) is 33.1 Å². The second-order valence-electron chi connectivity index (χ2n) is 7.56. The fraction of sp³-hybridized carbons (Fsp3) is 0.500. The normalized spacial score (nSPS) is 17.0. The van der Waals surface area contributed by atoms with Crippen molar-refractivity contribution in [3.63, 3.8) is 0 Å². The molecule has 2 rings (SSSR count). The van der Waals surface area contributed by atoms with Gasteiger partial charge in [-0.05, 0) is 43.0 Å². The average molecular weight is 462 g/mol. The number of anilines is 1. The van der Waals surface area contributed by atoms with Gasteiger partial charge in [-0.1, -0.05) is 20.3 Å². The van der Waals surface area contributed by atoms with Gasteiger partial charge in [0.2, 0.25) is 15.9 Å². The van der Waals surface area contributed by atoms with Crippen molar-refractivity contribution in [1.82, 2.24) is 9.62 Å². The first-order valence-electron chi connectivity index (χ1n) is 9.88. The van der Waals surface area contributed by atoms with E-state index in [4.69, 9.17) is 0 Å². The SMILES string of the molecule is CC(C)C(NC=CC(=O)C(F)(F)F)C(=O)Nc1ccc(S(=O)(=O)N2CCCCC2)cc1. The quantitative estimate of drug-likeness (QED) is 0.580. The van der Waals surface area contributed by atoms with Crippen molar-refractivity contribution < 1.29 is 31.2 Å². The number of hydrogen-bond acceptors (Lipinski definition) is 5. The summed E-state index contributed by atoms with van der Waals surface area (Å²) in [5.41, 5.74) is 0.338. The van der Waals surface area contributed by atoms with Gasteiger partial charge in [0.15, 0.2) is 0 Å². The number of alkyl halides is 3. The molecule has 0 spiro atoms. The van der Waals surface area contributed by atoms with Crippen molar-refractivity contribution in [2.24, 2.45) is 5.92 Å². The summed E-state index contributed by atoms with van der Waals surface area (Å²) in [6, 6.07) is 4.80. The summed E-state index contributed by atoms with van der Waals surface area (Å²) in [6.07, 6.45) is -1.22. The molecule has 0 aliphatic carbocycles. The Morgan fingerprint density at radius 3 is 2.16 bits per heavy atom. The van der Waals surface area contributed by atoms with Crippen molar-refractivity contribution in [2.75, 3.05) is 18.4 Å². The van der Waals surface area contributed by atoms with E-state index in [0.29, 0.717) is 24.9 Å². The molecular formula is C20H26F3N3O4S. The van der Waals surface area contributed by atoms with Crippen LogP contribution in [0, 0.1) is 5.92 Å². The van der Waals surface area contributed by atoms with Crippen molar-refractivity contribution >= 4 is 27.4 Å². The fourth-order valence-corrected chi connectivity index (χ4v) is 4.59. The van der Waals surface area contributed by atoms with Gasteiger partial charge < -0.3 is 10.6 Å². The Labute approximate surface area is 179 Å². The Morgan fingerprint density at radius 2 is 1.65 bits per heavy atom. The van der Waals surface area contributed by atoms with E-state index in [1.165, 1.54) is 28.6 Å². The third-order valence-electron chi connectivity index (χ3n) is 4.81. The summed E-state index contributed by atoms with van der Waals surface area (Å²) in [5.74, 6) is -2.87. The maximum atomic E-state index is 12.7. The zero-order valence-corrected chi connectivity index (χ0v) is 18.1. The van der Waals surface area contributed by atoms with Gasteiger partial charge in [-0.2, -0.15) is 17.5 Å². The molecule has 0 radical (unpaired) electrons. The number of rotatable bonds is 8. The summed E-state index contributed by atoms with van der Waals surface area (Å²) < 4.78 is 63.6. The first-order chi connectivity index (χ1) is 14.4. The second-order valence-corrected chi connectivity index (χ2v) is 9.50. The summed E-state index contributed by atoms with van der Waals surface area (Å²) in [7, 11) is -3.59. The van der Waals surface area contributed by atoms with E-state index >= 15 is 0 Å². The number of allylic oxidation sites excluding steroid dienone is 1. The number of amides is 1. The molecule has 1 unspecified atom stereocenters. The van der Waals surface area contributed by atoms with Crippen LogP contribution in [0.15, 0.2) is 41.4 Å². The maximum Gasteiger partial charge on any atom is 0.454 e. The highest BCUT2D eigenvalue weighted by Crippen LogP contribution is 2.22. The predicted molar refractivity (Wildman–Crippen MR) is 110 cm³/mol. The number of carbonyl (C=O) groups excluding carboxylic acids is 2. The van der Waals surface area contributed by atoms with E-state index in [1.54, 1.807) is 13.8 Å². The van der Waals surface area contributed by atoms with Crippen molar-refractivity contribution in [1.29, 1.82) is 0 Å². The van der Waals surface area contributed by atoms with E-state index in [9.17, 15) is 31.2 Å². The molecule has 1 amide bonds. The highest BCUT2D eigenvalue weighted by molar-refractivity contribution is 7.89. The minimum Gasteiger partial charge on any atom is -0.379 e. The maximum absolute atomic E-state index is 12.7. The number of hydrogen-bond donors (Lipinski definition) is 2. The topological polar surface area (TPSA) is 95.6 Å². The zero-order chi connectivity index (χ0) is 23.2. The first-order valence-corrected chi connectivity index (χ1v) is 11.3. The number of sulfonamides is 1. The minimum absolute atomic E-state index is 0.125. The van der Waals surface area contributed by atoms with Gasteiger partial charge in [0, 0.05) is 31.1 Å². The number of nitrogens with one attached hydrogen (secondary N) is 2. The summed E-state index contributed by atoms with van der Waals surface area (Å²) in [6.45, 7) is 4.33. The molecule has 0 bridgehead atoms. The lowest BCUT2D eigenvalue weighted by Crippen LogP contribution is -2.42. The molecular weight excluding hydrogens is 435 g/mol. The molecule has 1 aromatic carbocycles. The number of benzene rings is 1. The third kappa shape index (κ3) is 6.79. The number of piperidine rings is 1. The number of nitrogens with zero attached hydrogens (tertiary/aromatic N) is 1. The highest BCUT2D eigenvalue weighted by Gasteiger charge is 2.36. The molecule has 31 heavy (non-hydrogen) atoms. The van der Waals surface area contributed by atoms with Crippen molar-refractivity contribution in [2.45, 2.75) is 50.2 Å². The third-order valence-corrected chi connectivity index (χ3v) is 6.73. The van der Waals surface area contributed by atoms with E-state index < -0.39 is 33.9 Å². The molecule has 2 N–H and O–H groups in total. The van der Waals surface area contributed by atoms with Crippen LogP contribution < -0.4 is 10.6 Å². The van der Waals surface area contributed by atoms with Crippen LogP contribution >= 0.6 is 0 Å². The standard InChI is InChI=1S/C20H26F3N3O4S/c1-14(2)18(24-11-10-17(27)20(21,22)23)19(28)25-15-6-8-16(9-7-15)31(29,30)26-12-4-3-5-13-26/h6-11,14,18,24H,3-5,12-13H2,1-2H3,(H,25,28). The van der Waals surface area contributed by atoms with Gasteiger partial charge in [-0.15, -0.1) is 0 Å². The Morgan fingerprint density at radius 1 is 1.06 bits per heavy atom. The molecule has 1 saturated heterocycles. The number of carbonyl (C=O) groups is 2. The molecule has 0 aromatic heterocycles. The molecule has 1 fully saturated rings. The van der Waals surface area contributed by atoms with Crippen LogP contribution in [0.5, 0.6) is 0 Å². The fourth-order valence-electron chi connectivity index (χ4n) is 3.08. The molecule has 172 valence electrons. The second kappa shape index (κ2) is 10.3. The van der Waals surface area contributed by atoms with Crippen molar-refractivity contribution in [3.8, 4) is 0 Å². The molecule has 1 atom stereocenters. The molecule has 0 saturated carbocycles. The van der Waals surface area contributed by atoms with Crippen LogP contribution in [0.25, 0.3) is 0 Å². The molecule has 1 aliphatic rings. The first kappa shape index (κ1) is 24.9. The Bertz CT molecular complexity index is 907. The lowest BCUT2D eigenvalue weighted by atomic mass is 10.0. The lowest BCUT2D eigenvalue weighted by molar-refractivity contribution is -0.165. The van der Waals surface area contributed by atoms with E-state index in [-0.39, 0.29) is 10.8 Å². The molecule has 11 heteroatoms. The van der Waals surface area contributed by atoms with Crippen molar-refractivity contribution in [3.05, 3.63) is 36.5 Å². The lowest BCUT2D eigenvalue weighted by Gasteiger charge is -2.26. The van der Waals surface area contributed by atoms with E-state index in [1.807, 2.05) is 0 Å².